The van der Waals surface area contributed by atoms with Gasteiger partial charge in [-0.3, -0.25) is 4.79 Å². The van der Waals surface area contributed by atoms with Gasteiger partial charge in [-0.1, -0.05) is 46.3 Å². The van der Waals surface area contributed by atoms with Gasteiger partial charge in [-0.25, -0.2) is 14.6 Å². The molecular weight excluding hydrogens is 577 g/mol. The Balaban J connectivity index is 1.35. The number of H-pyrrole nitrogens is 1. The molecule has 40 heavy (non-hydrogen) atoms. The van der Waals surface area contributed by atoms with E-state index in [1.165, 1.54) is 18.3 Å². The first kappa shape index (κ1) is 26.8. The van der Waals surface area contributed by atoms with Crippen LogP contribution in [0.3, 0.4) is 0 Å². The van der Waals surface area contributed by atoms with Crippen molar-refractivity contribution >= 4 is 44.9 Å². The number of benzene rings is 4. The normalized spacial score (nSPS) is 11.1. The summed E-state index contributed by atoms with van der Waals surface area (Å²) in [6, 6.07) is 25.4. The van der Waals surface area contributed by atoms with Crippen LogP contribution in [-0.4, -0.2) is 29.7 Å². The summed E-state index contributed by atoms with van der Waals surface area (Å²) >= 11 is 3.34. The van der Waals surface area contributed by atoms with Crippen molar-refractivity contribution in [1.82, 2.24) is 10.4 Å². The van der Waals surface area contributed by atoms with E-state index in [-0.39, 0.29) is 11.4 Å². The van der Waals surface area contributed by atoms with Crippen LogP contribution in [0.15, 0.2) is 101 Å². The van der Waals surface area contributed by atoms with Gasteiger partial charge in [0.15, 0.2) is 11.5 Å². The molecule has 5 aromatic rings. The van der Waals surface area contributed by atoms with Crippen LogP contribution in [0, 0.1) is 5.82 Å². The number of amides is 1. The number of hydrogen-bond acceptors (Lipinski definition) is 5. The van der Waals surface area contributed by atoms with Gasteiger partial charge < -0.3 is 14.5 Å². The molecule has 0 bridgehead atoms. The number of halogens is 2. The summed E-state index contributed by atoms with van der Waals surface area (Å²) in [6.45, 7) is 2.17. The summed E-state index contributed by atoms with van der Waals surface area (Å²) in [5.41, 5.74) is 5.77. The Morgan fingerprint density at radius 2 is 1.75 bits per heavy atom. The lowest BCUT2D eigenvalue weighted by atomic mass is 10.0. The number of carbonyl (C=O) groups is 2. The Morgan fingerprint density at radius 1 is 0.975 bits per heavy atom. The van der Waals surface area contributed by atoms with Gasteiger partial charge in [0.2, 0.25) is 0 Å². The van der Waals surface area contributed by atoms with E-state index in [0.717, 1.165) is 10.0 Å². The standard InChI is InChI=1S/C31H23BrFN3O4/c1-2-39-27-16-19(8-15-26(27)40-31(38)21-9-11-22(32)12-10-21)18-34-36-30(37)29-28(20-6-4-3-5-7-20)24-17-23(33)13-14-25(24)35-29/h3-18,35H,2H2,1H3,(H,36,37). The number of carbonyl (C=O) groups excluding carboxylic acids is 2. The van der Waals surface area contributed by atoms with Crippen LogP contribution >= 0.6 is 15.9 Å². The van der Waals surface area contributed by atoms with E-state index in [9.17, 15) is 14.0 Å². The minimum Gasteiger partial charge on any atom is -0.490 e. The first-order valence-electron chi connectivity index (χ1n) is 12.4. The fourth-order valence-electron chi connectivity index (χ4n) is 4.16. The van der Waals surface area contributed by atoms with E-state index in [2.05, 4.69) is 31.4 Å². The van der Waals surface area contributed by atoms with E-state index in [4.69, 9.17) is 9.47 Å². The Kier molecular flexibility index (Phi) is 8.02. The lowest BCUT2D eigenvalue weighted by molar-refractivity contribution is 0.0728. The molecule has 0 saturated heterocycles. The van der Waals surface area contributed by atoms with Gasteiger partial charge in [-0.15, -0.1) is 0 Å². The SMILES string of the molecule is CCOc1cc(C=NNC(=O)c2[nH]c3ccc(F)cc3c2-c2ccccc2)ccc1OC(=O)c1ccc(Br)cc1. The highest BCUT2D eigenvalue weighted by Gasteiger charge is 2.19. The van der Waals surface area contributed by atoms with Crippen molar-refractivity contribution in [2.24, 2.45) is 5.10 Å². The van der Waals surface area contributed by atoms with Crippen LogP contribution < -0.4 is 14.9 Å². The molecule has 7 nitrogen and oxygen atoms in total. The molecule has 0 unspecified atom stereocenters. The topological polar surface area (TPSA) is 92.8 Å². The highest BCUT2D eigenvalue weighted by atomic mass is 79.9. The zero-order valence-corrected chi connectivity index (χ0v) is 22.9. The van der Waals surface area contributed by atoms with E-state index < -0.39 is 17.7 Å². The van der Waals surface area contributed by atoms with Crippen LogP contribution in [0.5, 0.6) is 11.5 Å². The number of nitrogens with one attached hydrogen (secondary N) is 2. The van der Waals surface area contributed by atoms with Crippen LogP contribution in [0.2, 0.25) is 0 Å². The molecule has 0 atom stereocenters. The van der Waals surface area contributed by atoms with Crippen molar-refractivity contribution in [3.63, 3.8) is 0 Å². The third-order valence-electron chi connectivity index (χ3n) is 5.98. The van der Waals surface area contributed by atoms with Gasteiger partial charge in [0.25, 0.3) is 5.91 Å². The molecule has 5 rings (SSSR count). The molecule has 4 aromatic carbocycles. The Hall–Kier alpha value is -4.76. The van der Waals surface area contributed by atoms with Crippen LogP contribution in [-0.2, 0) is 0 Å². The Morgan fingerprint density at radius 3 is 2.50 bits per heavy atom. The van der Waals surface area contributed by atoms with Crippen LogP contribution in [0.25, 0.3) is 22.0 Å². The first-order valence-corrected chi connectivity index (χ1v) is 13.2. The predicted molar refractivity (Wildman–Crippen MR) is 155 cm³/mol. The fourth-order valence-corrected chi connectivity index (χ4v) is 4.43. The number of hydrogen-bond donors (Lipinski definition) is 2. The molecular formula is C31H23BrFN3O4. The molecule has 0 radical (unpaired) electrons. The molecule has 0 aliphatic rings. The zero-order chi connectivity index (χ0) is 28.1. The monoisotopic (exact) mass is 599 g/mol. The predicted octanol–water partition coefficient (Wildman–Crippen LogP) is 7.12. The Bertz CT molecular complexity index is 1720. The van der Waals surface area contributed by atoms with Crippen molar-refractivity contribution in [3.05, 3.63) is 118 Å². The highest BCUT2D eigenvalue weighted by Crippen LogP contribution is 2.33. The summed E-state index contributed by atoms with van der Waals surface area (Å²) in [5.74, 6) is -0.794. The fraction of sp³-hybridized carbons (Fsp3) is 0.0645. The Labute approximate surface area is 237 Å². The van der Waals surface area contributed by atoms with Crippen LogP contribution in [0.4, 0.5) is 4.39 Å². The van der Waals surface area contributed by atoms with E-state index in [1.54, 1.807) is 48.5 Å². The molecule has 2 N–H and O–H groups in total. The van der Waals surface area contributed by atoms with E-state index >= 15 is 0 Å². The minimum atomic E-state index is -0.519. The molecule has 0 aliphatic carbocycles. The van der Waals surface area contributed by atoms with Crippen LogP contribution in [0.1, 0.15) is 33.3 Å². The smallest absolute Gasteiger partial charge is 0.343 e. The number of ether oxygens (including phenoxy) is 2. The second kappa shape index (κ2) is 12.0. The lowest BCUT2D eigenvalue weighted by Gasteiger charge is -2.11. The van der Waals surface area contributed by atoms with E-state index in [1.807, 2.05) is 37.3 Å². The third kappa shape index (κ3) is 5.94. The summed E-state index contributed by atoms with van der Waals surface area (Å²) < 4.78 is 26.1. The summed E-state index contributed by atoms with van der Waals surface area (Å²) in [6.07, 6.45) is 1.45. The maximum absolute atomic E-state index is 14.0. The van der Waals surface area contributed by atoms with E-state index in [0.29, 0.717) is 39.9 Å². The molecule has 0 fully saturated rings. The van der Waals surface area contributed by atoms with Gasteiger partial charge in [0.05, 0.1) is 18.4 Å². The third-order valence-corrected chi connectivity index (χ3v) is 6.51. The maximum atomic E-state index is 14.0. The number of rotatable bonds is 8. The summed E-state index contributed by atoms with van der Waals surface area (Å²) in [5, 5.41) is 4.69. The molecule has 0 spiro atoms. The van der Waals surface area contributed by atoms with Gasteiger partial charge in [-0.05, 0) is 78.7 Å². The second-order valence-corrected chi connectivity index (χ2v) is 9.58. The minimum absolute atomic E-state index is 0.258. The number of esters is 1. The van der Waals surface area contributed by atoms with Crippen molar-refractivity contribution in [2.45, 2.75) is 6.92 Å². The van der Waals surface area contributed by atoms with Gasteiger partial charge in [0, 0.05) is 20.9 Å². The highest BCUT2D eigenvalue weighted by molar-refractivity contribution is 9.10. The van der Waals surface area contributed by atoms with Gasteiger partial charge in [0.1, 0.15) is 11.5 Å². The molecule has 200 valence electrons. The lowest BCUT2D eigenvalue weighted by Crippen LogP contribution is -2.18. The number of aromatic nitrogens is 1. The molecule has 0 saturated carbocycles. The zero-order valence-electron chi connectivity index (χ0n) is 21.3. The number of aromatic amines is 1. The molecule has 9 heteroatoms. The summed E-state index contributed by atoms with van der Waals surface area (Å²) in [4.78, 5) is 28.8. The average Bonchev–Trinajstić information content (AvgIpc) is 3.34. The van der Waals surface area contributed by atoms with Gasteiger partial charge in [-0.2, -0.15) is 5.10 Å². The molecule has 1 heterocycles. The molecule has 1 amide bonds. The quantitative estimate of drug-likeness (QED) is 0.0859. The first-order chi connectivity index (χ1) is 19.4. The number of nitrogens with zero attached hydrogens (tertiary/aromatic N) is 1. The van der Waals surface area contributed by atoms with Gasteiger partial charge >= 0.3 is 5.97 Å². The molecule has 1 aromatic heterocycles. The number of fused-ring (bicyclic) bond motifs is 1. The summed E-state index contributed by atoms with van der Waals surface area (Å²) in [7, 11) is 0. The number of hydrazone groups is 1. The molecule has 0 aliphatic heterocycles. The van der Waals surface area contributed by atoms with Crippen molar-refractivity contribution in [2.75, 3.05) is 6.61 Å². The largest absolute Gasteiger partial charge is 0.490 e. The van der Waals surface area contributed by atoms with Crippen molar-refractivity contribution < 1.29 is 23.5 Å². The van der Waals surface area contributed by atoms with Crippen molar-refractivity contribution in [1.29, 1.82) is 0 Å². The maximum Gasteiger partial charge on any atom is 0.343 e. The average molecular weight is 600 g/mol. The van der Waals surface area contributed by atoms with Crippen molar-refractivity contribution in [3.8, 4) is 22.6 Å². The second-order valence-electron chi connectivity index (χ2n) is 8.67.